The fraction of sp³-hybridized carbons (Fsp3) is 0.533. The molecule has 2 aromatic rings. The van der Waals surface area contributed by atoms with Crippen molar-refractivity contribution in [3.8, 4) is 0 Å². The third kappa shape index (κ3) is 3.23. The zero-order valence-corrected chi connectivity index (χ0v) is 15.1. The molecule has 2 aromatic heterocycles. The Bertz CT molecular complexity index is 895. The Balaban J connectivity index is 1.58. The van der Waals surface area contributed by atoms with E-state index in [1.165, 1.54) is 16.6 Å². The van der Waals surface area contributed by atoms with Gasteiger partial charge in [0.1, 0.15) is 16.5 Å². The average molecular weight is 383 g/mol. The molecule has 25 heavy (non-hydrogen) atoms. The third-order valence-electron chi connectivity index (χ3n) is 4.70. The van der Waals surface area contributed by atoms with Gasteiger partial charge in [-0.05, 0) is 31.7 Å². The van der Waals surface area contributed by atoms with Gasteiger partial charge in [0, 0.05) is 31.1 Å². The van der Waals surface area contributed by atoms with Gasteiger partial charge in [-0.25, -0.2) is 18.4 Å². The van der Waals surface area contributed by atoms with E-state index in [4.69, 9.17) is 17.3 Å². The van der Waals surface area contributed by atoms with Gasteiger partial charge in [-0.3, -0.25) is 5.10 Å². The Morgan fingerprint density at radius 3 is 2.84 bits per heavy atom. The highest BCUT2D eigenvalue weighted by Crippen LogP contribution is 2.38. The fourth-order valence-corrected chi connectivity index (χ4v) is 5.00. The second-order valence-corrected chi connectivity index (χ2v) is 8.94. The molecule has 8 nitrogen and oxygen atoms in total. The number of aromatic nitrogens is 4. The first kappa shape index (κ1) is 16.7. The maximum absolute atomic E-state index is 13.0. The van der Waals surface area contributed by atoms with Crippen LogP contribution in [0.25, 0.3) is 0 Å². The van der Waals surface area contributed by atoms with Crippen molar-refractivity contribution in [2.45, 2.75) is 42.4 Å². The molecule has 1 saturated heterocycles. The number of nitrogen functional groups attached to an aromatic ring is 1. The Labute approximate surface area is 150 Å². The number of piperidine rings is 1. The van der Waals surface area contributed by atoms with Crippen molar-refractivity contribution in [3.05, 3.63) is 28.9 Å². The number of aromatic amines is 1. The molecule has 1 saturated carbocycles. The topological polar surface area (TPSA) is 118 Å². The summed E-state index contributed by atoms with van der Waals surface area (Å²) >= 11 is 5.90. The maximum Gasteiger partial charge on any atom is 0.246 e. The van der Waals surface area contributed by atoms with Gasteiger partial charge in [0.05, 0.1) is 5.02 Å². The highest BCUT2D eigenvalue weighted by atomic mass is 35.5. The maximum atomic E-state index is 13.0. The van der Waals surface area contributed by atoms with E-state index in [-0.39, 0.29) is 21.7 Å². The van der Waals surface area contributed by atoms with Crippen LogP contribution in [0.2, 0.25) is 5.02 Å². The summed E-state index contributed by atoms with van der Waals surface area (Å²) in [5, 5.41) is 7.54. The van der Waals surface area contributed by atoms with Crippen molar-refractivity contribution in [2.24, 2.45) is 0 Å². The van der Waals surface area contributed by atoms with Gasteiger partial charge in [-0.1, -0.05) is 11.6 Å². The molecule has 2 aliphatic rings. The molecule has 1 atom stereocenters. The van der Waals surface area contributed by atoms with E-state index in [2.05, 4.69) is 20.2 Å². The lowest BCUT2D eigenvalue weighted by Gasteiger charge is -2.30. The molecule has 1 aliphatic carbocycles. The molecular formula is C15H19ClN6O2S. The average Bonchev–Trinajstić information content (AvgIpc) is 3.34. The predicted octanol–water partition coefficient (Wildman–Crippen LogP) is 1.88. The van der Waals surface area contributed by atoms with Crippen LogP contribution in [0, 0.1) is 0 Å². The van der Waals surface area contributed by atoms with E-state index in [1.54, 1.807) is 0 Å². The van der Waals surface area contributed by atoms with Crippen LogP contribution in [0.5, 0.6) is 0 Å². The molecule has 0 amide bonds. The second kappa shape index (κ2) is 6.22. The fourth-order valence-electron chi connectivity index (χ4n) is 3.16. The third-order valence-corrected chi connectivity index (χ3v) is 6.80. The first-order valence-electron chi connectivity index (χ1n) is 8.28. The number of nitrogens with two attached hydrogens (primary N) is 1. The van der Waals surface area contributed by atoms with E-state index in [0.29, 0.717) is 24.8 Å². The van der Waals surface area contributed by atoms with Crippen LogP contribution in [0.4, 0.5) is 5.82 Å². The first-order chi connectivity index (χ1) is 11.9. The van der Waals surface area contributed by atoms with Gasteiger partial charge in [0.25, 0.3) is 0 Å². The summed E-state index contributed by atoms with van der Waals surface area (Å²) in [7, 11) is -3.76. The van der Waals surface area contributed by atoms with Crippen molar-refractivity contribution in [1.29, 1.82) is 0 Å². The highest BCUT2D eigenvalue weighted by Gasteiger charge is 2.35. The molecule has 3 heterocycles. The minimum Gasteiger partial charge on any atom is -0.383 e. The van der Waals surface area contributed by atoms with Crippen LogP contribution >= 0.6 is 11.6 Å². The summed E-state index contributed by atoms with van der Waals surface area (Å²) < 4.78 is 27.3. The molecule has 4 rings (SSSR count). The highest BCUT2D eigenvalue weighted by molar-refractivity contribution is 7.89. The summed E-state index contributed by atoms with van der Waals surface area (Å²) in [4.78, 5) is 8.38. The van der Waals surface area contributed by atoms with Crippen LogP contribution in [0.15, 0.2) is 17.2 Å². The van der Waals surface area contributed by atoms with Crippen molar-refractivity contribution >= 4 is 27.4 Å². The Hall–Kier alpha value is -1.71. The number of nitrogens with zero attached hydrogens (tertiary/aromatic N) is 4. The number of hydrogen-bond acceptors (Lipinski definition) is 6. The van der Waals surface area contributed by atoms with Gasteiger partial charge in [0.2, 0.25) is 10.0 Å². The molecule has 0 unspecified atom stereocenters. The number of rotatable bonds is 4. The van der Waals surface area contributed by atoms with Crippen molar-refractivity contribution in [1.82, 2.24) is 24.5 Å². The van der Waals surface area contributed by atoms with Gasteiger partial charge < -0.3 is 5.73 Å². The molecule has 0 radical (unpaired) electrons. The summed E-state index contributed by atoms with van der Waals surface area (Å²) in [5.41, 5.74) is 5.77. The number of pyridine rings is 1. The van der Waals surface area contributed by atoms with Crippen LogP contribution < -0.4 is 5.73 Å². The molecule has 0 spiro atoms. The minimum absolute atomic E-state index is 0.0272. The minimum atomic E-state index is -3.76. The Morgan fingerprint density at radius 1 is 1.28 bits per heavy atom. The van der Waals surface area contributed by atoms with Crippen molar-refractivity contribution in [3.63, 3.8) is 0 Å². The smallest absolute Gasteiger partial charge is 0.246 e. The largest absolute Gasteiger partial charge is 0.383 e. The lowest BCUT2D eigenvalue weighted by atomic mass is 9.99. The summed E-state index contributed by atoms with van der Waals surface area (Å²) in [6.07, 6.45) is 5.21. The lowest BCUT2D eigenvalue weighted by Crippen LogP contribution is -2.39. The number of nitrogens with one attached hydrogen (secondary N) is 1. The van der Waals surface area contributed by atoms with E-state index >= 15 is 0 Å². The van der Waals surface area contributed by atoms with Crippen LogP contribution in [-0.4, -0.2) is 46.0 Å². The zero-order chi connectivity index (χ0) is 17.6. The second-order valence-electron chi connectivity index (χ2n) is 6.59. The quantitative estimate of drug-likeness (QED) is 0.833. The summed E-state index contributed by atoms with van der Waals surface area (Å²) in [5.74, 6) is 2.03. The molecular weight excluding hydrogens is 364 g/mol. The number of H-pyrrole nitrogens is 1. The molecule has 10 heteroatoms. The molecule has 3 N–H and O–H groups in total. The standard InChI is InChI=1S/C15H19ClN6O2S/c16-11-6-12(13(17)18-7-11)25(23,24)22-5-1-2-10(8-22)15-19-14(20-21-15)9-3-4-9/h6-7,9-10H,1-5,8H2,(H2,17,18)(H,19,20,21)/t10-/m1/s1. The van der Waals surface area contributed by atoms with E-state index in [9.17, 15) is 8.42 Å². The number of hydrogen-bond donors (Lipinski definition) is 2. The van der Waals surface area contributed by atoms with Crippen molar-refractivity contribution < 1.29 is 8.42 Å². The van der Waals surface area contributed by atoms with Crippen LogP contribution in [0.3, 0.4) is 0 Å². The summed E-state index contributed by atoms with van der Waals surface area (Å²) in [6, 6.07) is 1.35. The Kier molecular flexibility index (Phi) is 4.17. The van der Waals surface area contributed by atoms with Crippen molar-refractivity contribution in [2.75, 3.05) is 18.8 Å². The first-order valence-corrected chi connectivity index (χ1v) is 10.1. The monoisotopic (exact) mass is 382 g/mol. The van der Waals surface area contributed by atoms with Crippen LogP contribution in [0.1, 0.15) is 49.2 Å². The van der Waals surface area contributed by atoms with E-state index in [0.717, 1.165) is 31.5 Å². The number of sulfonamides is 1. The van der Waals surface area contributed by atoms with Gasteiger partial charge in [0.15, 0.2) is 5.82 Å². The van der Waals surface area contributed by atoms with E-state index < -0.39 is 10.0 Å². The summed E-state index contributed by atoms with van der Waals surface area (Å²) in [6.45, 7) is 0.765. The normalized spacial score (nSPS) is 22.2. The van der Waals surface area contributed by atoms with Crippen LogP contribution in [-0.2, 0) is 10.0 Å². The van der Waals surface area contributed by atoms with Gasteiger partial charge >= 0.3 is 0 Å². The lowest BCUT2D eigenvalue weighted by molar-refractivity contribution is 0.309. The Morgan fingerprint density at radius 2 is 2.08 bits per heavy atom. The number of anilines is 1. The predicted molar refractivity (Wildman–Crippen MR) is 92.8 cm³/mol. The van der Waals surface area contributed by atoms with Gasteiger partial charge in [-0.2, -0.15) is 9.40 Å². The zero-order valence-electron chi connectivity index (χ0n) is 13.5. The molecule has 2 fully saturated rings. The molecule has 134 valence electrons. The molecule has 1 aliphatic heterocycles. The SMILES string of the molecule is Nc1ncc(Cl)cc1S(=O)(=O)N1CCC[C@@H](c2n[nH]c(C3CC3)n2)C1. The number of halogens is 1. The molecule has 0 bridgehead atoms. The van der Waals surface area contributed by atoms with E-state index in [1.807, 2.05) is 0 Å². The molecule has 0 aromatic carbocycles. The van der Waals surface area contributed by atoms with Gasteiger partial charge in [-0.15, -0.1) is 0 Å².